The molecule has 0 radical (unpaired) electrons. The van der Waals surface area contributed by atoms with Gasteiger partial charge in [0.25, 0.3) is 5.91 Å². The molecule has 0 aliphatic carbocycles. The molecule has 154 valence electrons. The van der Waals surface area contributed by atoms with Crippen molar-refractivity contribution in [2.75, 3.05) is 25.9 Å². The summed E-state index contributed by atoms with van der Waals surface area (Å²) >= 11 is 0. The number of nitrogens with one attached hydrogen (secondary N) is 1. The van der Waals surface area contributed by atoms with Crippen molar-refractivity contribution in [3.63, 3.8) is 0 Å². The molecule has 0 aromatic carbocycles. The summed E-state index contributed by atoms with van der Waals surface area (Å²) < 4.78 is 31.6. The van der Waals surface area contributed by atoms with Crippen LogP contribution in [0.4, 0.5) is 0 Å². The lowest BCUT2D eigenvalue weighted by atomic mass is 9.97. The standard InChI is InChI=1S/C17H26N6O4S/c1-11-15(12(2)22(3)20-11)17(24)18-8-5-14-19-16(21-27-14)13-6-9-23(10-7-13)28(4,25)26/h13H,5-10H2,1-4H3,(H,18,24). The van der Waals surface area contributed by atoms with Gasteiger partial charge < -0.3 is 9.84 Å². The van der Waals surface area contributed by atoms with Gasteiger partial charge in [-0.05, 0) is 26.7 Å². The highest BCUT2D eigenvalue weighted by atomic mass is 32.2. The molecular weight excluding hydrogens is 384 g/mol. The molecule has 1 aliphatic heterocycles. The fourth-order valence-electron chi connectivity index (χ4n) is 3.45. The second-order valence-electron chi connectivity index (χ2n) is 7.16. The number of hydrogen-bond donors (Lipinski definition) is 1. The van der Waals surface area contributed by atoms with Crippen LogP contribution in [0.1, 0.15) is 52.2 Å². The Hall–Kier alpha value is -2.27. The lowest BCUT2D eigenvalue weighted by Gasteiger charge is -2.28. The molecule has 10 nitrogen and oxygen atoms in total. The van der Waals surface area contributed by atoms with Gasteiger partial charge in [-0.2, -0.15) is 10.1 Å². The van der Waals surface area contributed by atoms with Crippen LogP contribution >= 0.6 is 0 Å². The van der Waals surface area contributed by atoms with Crippen LogP contribution in [0.2, 0.25) is 0 Å². The number of nitrogens with zero attached hydrogens (tertiary/aromatic N) is 5. The number of sulfonamides is 1. The van der Waals surface area contributed by atoms with Gasteiger partial charge in [-0.25, -0.2) is 12.7 Å². The second-order valence-corrected chi connectivity index (χ2v) is 9.14. The van der Waals surface area contributed by atoms with Crippen molar-refractivity contribution in [1.29, 1.82) is 0 Å². The van der Waals surface area contributed by atoms with E-state index in [1.54, 1.807) is 18.7 Å². The number of hydrogen-bond acceptors (Lipinski definition) is 7. The zero-order chi connectivity index (χ0) is 20.5. The number of aromatic nitrogens is 4. The molecule has 0 bridgehead atoms. The molecule has 1 amide bonds. The molecule has 1 aliphatic rings. The molecule has 0 saturated carbocycles. The maximum Gasteiger partial charge on any atom is 0.255 e. The first-order valence-corrected chi connectivity index (χ1v) is 11.1. The molecule has 0 atom stereocenters. The van der Waals surface area contributed by atoms with Crippen molar-refractivity contribution in [2.45, 2.75) is 39.0 Å². The van der Waals surface area contributed by atoms with Crippen LogP contribution < -0.4 is 5.32 Å². The van der Waals surface area contributed by atoms with Gasteiger partial charge in [-0.15, -0.1) is 0 Å². The van der Waals surface area contributed by atoms with Gasteiger partial charge >= 0.3 is 0 Å². The average Bonchev–Trinajstić information content (AvgIpc) is 3.19. The SMILES string of the molecule is Cc1nn(C)c(C)c1C(=O)NCCc1nc(C2CCN(S(C)(=O)=O)CC2)no1. The molecule has 3 rings (SSSR count). The van der Waals surface area contributed by atoms with Gasteiger partial charge in [0, 0.05) is 44.7 Å². The maximum atomic E-state index is 12.4. The first-order chi connectivity index (χ1) is 13.2. The van der Waals surface area contributed by atoms with E-state index in [0.29, 0.717) is 61.9 Å². The fraction of sp³-hybridized carbons (Fsp3) is 0.647. The van der Waals surface area contributed by atoms with Crippen molar-refractivity contribution in [2.24, 2.45) is 7.05 Å². The summed E-state index contributed by atoms with van der Waals surface area (Å²) in [5.41, 5.74) is 2.10. The van der Waals surface area contributed by atoms with Crippen LogP contribution in [0.5, 0.6) is 0 Å². The van der Waals surface area contributed by atoms with Crippen LogP contribution in [0.3, 0.4) is 0 Å². The summed E-state index contributed by atoms with van der Waals surface area (Å²) in [6.07, 6.45) is 2.99. The molecular formula is C17H26N6O4S. The molecule has 2 aromatic rings. The monoisotopic (exact) mass is 410 g/mol. The summed E-state index contributed by atoms with van der Waals surface area (Å²) in [5, 5.41) is 11.1. The molecule has 2 aromatic heterocycles. The number of carbonyl (C=O) groups is 1. The van der Waals surface area contributed by atoms with E-state index in [-0.39, 0.29) is 11.8 Å². The molecule has 0 unspecified atom stereocenters. The predicted molar refractivity (Wildman–Crippen MR) is 101 cm³/mol. The third-order valence-electron chi connectivity index (χ3n) is 5.13. The van der Waals surface area contributed by atoms with Gasteiger partial charge in [0.2, 0.25) is 15.9 Å². The Labute approximate surface area is 164 Å². The fourth-order valence-corrected chi connectivity index (χ4v) is 4.33. The third kappa shape index (κ3) is 4.41. The van der Waals surface area contributed by atoms with Gasteiger partial charge in [-0.3, -0.25) is 9.48 Å². The summed E-state index contributed by atoms with van der Waals surface area (Å²) in [7, 11) is -1.35. The maximum absolute atomic E-state index is 12.4. The molecule has 1 saturated heterocycles. The summed E-state index contributed by atoms with van der Waals surface area (Å²) in [4.78, 5) is 16.8. The highest BCUT2D eigenvalue weighted by Crippen LogP contribution is 2.27. The molecule has 3 heterocycles. The zero-order valence-electron chi connectivity index (χ0n) is 16.6. The highest BCUT2D eigenvalue weighted by Gasteiger charge is 2.28. The number of amides is 1. The summed E-state index contributed by atoms with van der Waals surface area (Å²) in [6.45, 7) is 4.97. The molecule has 11 heteroatoms. The number of piperidine rings is 1. The van der Waals surface area contributed by atoms with Gasteiger partial charge in [0.05, 0.1) is 17.5 Å². The van der Waals surface area contributed by atoms with Crippen LogP contribution in [-0.2, 0) is 23.5 Å². The molecule has 1 N–H and O–H groups in total. The minimum Gasteiger partial charge on any atom is -0.351 e. The lowest BCUT2D eigenvalue weighted by molar-refractivity contribution is 0.0952. The summed E-state index contributed by atoms with van der Waals surface area (Å²) in [5.74, 6) is 0.982. The van der Waals surface area contributed by atoms with Crippen molar-refractivity contribution >= 4 is 15.9 Å². The van der Waals surface area contributed by atoms with Crippen molar-refractivity contribution < 1.29 is 17.7 Å². The average molecular weight is 411 g/mol. The van der Waals surface area contributed by atoms with Crippen molar-refractivity contribution in [3.05, 3.63) is 28.7 Å². The van der Waals surface area contributed by atoms with E-state index in [0.717, 1.165) is 5.69 Å². The zero-order valence-corrected chi connectivity index (χ0v) is 17.4. The minimum atomic E-state index is -3.15. The smallest absolute Gasteiger partial charge is 0.255 e. The highest BCUT2D eigenvalue weighted by molar-refractivity contribution is 7.88. The van der Waals surface area contributed by atoms with E-state index in [1.165, 1.54) is 10.6 Å². The number of rotatable bonds is 6. The Morgan fingerprint density at radius 1 is 1.29 bits per heavy atom. The van der Waals surface area contributed by atoms with E-state index >= 15 is 0 Å². The van der Waals surface area contributed by atoms with Crippen LogP contribution in [0.25, 0.3) is 0 Å². The number of aryl methyl sites for hydroxylation is 2. The predicted octanol–water partition coefficient (Wildman–Crippen LogP) is 0.531. The van der Waals surface area contributed by atoms with Crippen molar-refractivity contribution in [1.82, 2.24) is 29.5 Å². The first kappa shape index (κ1) is 20.5. The van der Waals surface area contributed by atoms with E-state index < -0.39 is 10.0 Å². The molecule has 1 fully saturated rings. The first-order valence-electron chi connectivity index (χ1n) is 9.22. The Morgan fingerprint density at radius 2 is 1.96 bits per heavy atom. The van der Waals surface area contributed by atoms with E-state index in [4.69, 9.17) is 4.52 Å². The van der Waals surface area contributed by atoms with E-state index in [1.807, 2.05) is 6.92 Å². The molecule has 0 spiro atoms. The normalized spacial score (nSPS) is 16.4. The topological polar surface area (TPSA) is 123 Å². The molecule has 28 heavy (non-hydrogen) atoms. The van der Waals surface area contributed by atoms with Crippen LogP contribution in [-0.4, -0.2) is 64.4 Å². The Kier molecular flexibility index (Phi) is 5.84. The van der Waals surface area contributed by atoms with E-state index in [2.05, 4.69) is 20.6 Å². The van der Waals surface area contributed by atoms with Gasteiger partial charge in [0.15, 0.2) is 5.82 Å². The second kappa shape index (κ2) is 8.00. The quantitative estimate of drug-likeness (QED) is 0.737. The Balaban J connectivity index is 1.51. The number of carbonyl (C=O) groups excluding carboxylic acids is 1. The summed E-state index contributed by atoms with van der Waals surface area (Å²) in [6, 6.07) is 0. The van der Waals surface area contributed by atoms with E-state index in [9.17, 15) is 13.2 Å². The van der Waals surface area contributed by atoms with Gasteiger partial charge in [0.1, 0.15) is 0 Å². The van der Waals surface area contributed by atoms with Crippen LogP contribution in [0, 0.1) is 13.8 Å². The largest absolute Gasteiger partial charge is 0.351 e. The van der Waals surface area contributed by atoms with Gasteiger partial charge in [-0.1, -0.05) is 5.16 Å². The Morgan fingerprint density at radius 3 is 2.54 bits per heavy atom. The lowest BCUT2D eigenvalue weighted by Crippen LogP contribution is -2.37. The van der Waals surface area contributed by atoms with Crippen molar-refractivity contribution in [3.8, 4) is 0 Å². The Bertz CT molecular complexity index is 956. The minimum absolute atomic E-state index is 0.0887. The third-order valence-corrected chi connectivity index (χ3v) is 6.44. The van der Waals surface area contributed by atoms with Crippen LogP contribution in [0.15, 0.2) is 4.52 Å².